The molecule has 1 heterocycles. The van der Waals surface area contributed by atoms with Crippen LogP contribution in [-0.4, -0.2) is 15.3 Å². The van der Waals surface area contributed by atoms with Crippen LogP contribution < -0.4 is 5.56 Å². The summed E-state index contributed by atoms with van der Waals surface area (Å²) >= 11 is 0. The van der Waals surface area contributed by atoms with Gasteiger partial charge in [-0.2, -0.15) is 5.26 Å². The monoisotopic (exact) mass is 289 g/mol. The van der Waals surface area contributed by atoms with Crippen molar-refractivity contribution in [1.82, 2.24) is 9.55 Å². The molecule has 0 saturated heterocycles. The van der Waals surface area contributed by atoms with Gasteiger partial charge in [0.2, 0.25) is 5.78 Å². The highest BCUT2D eigenvalue weighted by Crippen LogP contribution is 2.12. The largest absolute Gasteiger partial charge is 0.285 e. The van der Waals surface area contributed by atoms with Crippen LogP contribution in [0.1, 0.15) is 16.2 Å². The van der Waals surface area contributed by atoms with Gasteiger partial charge in [-0.3, -0.25) is 14.2 Å². The van der Waals surface area contributed by atoms with Gasteiger partial charge in [0.1, 0.15) is 6.54 Å². The van der Waals surface area contributed by atoms with E-state index in [0.717, 1.165) is 4.57 Å². The Labute approximate surface area is 126 Å². The first-order valence-electron chi connectivity index (χ1n) is 6.68. The normalized spacial score (nSPS) is 10.3. The summed E-state index contributed by atoms with van der Waals surface area (Å²) in [7, 11) is 0. The van der Waals surface area contributed by atoms with Crippen LogP contribution in [0.5, 0.6) is 0 Å². The van der Waals surface area contributed by atoms with Crippen molar-refractivity contribution >= 4 is 16.7 Å². The third-order valence-corrected chi connectivity index (χ3v) is 3.33. The molecule has 0 N–H and O–H groups in total. The quantitative estimate of drug-likeness (QED) is 0.692. The van der Waals surface area contributed by atoms with Crippen LogP contribution in [0.4, 0.5) is 0 Å². The maximum atomic E-state index is 12.6. The number of nitriles is 1. The second kappa shape index (κ2) is 5.62. The predicted molar refractivity (Wildman–Crippen MR) is 81.5 cm³/mol. The molecule has 0 aliphatic heterocycles. The number of aromatic nitrogens is 2. The lowest BCUT2D eigenvalue weighted by molar-refractivity contribution is 0.102. The highest BCUT2D eigenvalue weighted by molar-refractivity contribution is 6.07. The van der Waals surface area contributed by atoms with Crippen molar-refractivity contribution in [2.45, 2.75) is 6.54 Å². The summed E-state index contributed by atoms with van der Waals surface area (Å²) in [4.78, 5) is 29.4. The molecule has 0 bridgehead atoms. The van der Waals surface area contributed by atoms with Crippen LogP contribution in [0.15, 0.2) is 59.4 Å². The molecular formula is C17H11N3O2. The van der Waals surface area contributed by atoms with Crippen LogP contribution in [0.3, 0.4) is 0 Å². The molecule has 106 valence electrons. The molecule has 3 rings (SSSR count). The van der Waals surface area contributed by atoms with Gasteiger partial charge in [-0.15, -0.1) is 0 Å². The number of ketones is 1. The Kier molecular flexibility index (Phi) is 3.50. The van der Waals surface area contributed by atoms with Crippen molar-refractivity contribution in [2.24, 2.45) is 0 Å². The fraction of sp³-hybridized carbons (Fsp3) is 0.0588. The Morgan fingerprint density at radius 2 is 1.77 bits per heavy atom. The standard InChI is InChI=1S/C17H11N3O2/c18-10-11-20-16(15(21)12-6-2-1-3-7-12)19-14-9-5-4-8-13(14)17(20)22/h1-9H,11H2. The van der Waals surface area contributed by atoms with Gasteiger partial charge < -0.3 is 0 Å². The van der Waals surface area contributed by atoms with Crippen LogP contribution in [-0.2, 0) is 6.54 Å². The number of carbonyl (C=O) groups excluding carboxylic acids is 1. The van der Waals surface area contributed by atoms with E-state index in [1.165, 1.54) is 0 Å². The number of carbonyl (C=O) groups is 1. The molecule has 0 amide bonds. The van der Waals surface area contributed by atoms with Gasteiger partial charge >= 0.3 is 0 Å². The first-order valence-corrected chi connectivity index (χ1v) is 6.68. The minimum Gasteiger partial charge on any atom is -0.285 e. The fourth-order valence-corrected chi connectivity index (χ4v) is 2.28. The van der Waals surface area contributed by atoms with E-state index < -0.39 is 0 Å². The summed E-state index contributed by atoms with van der Waals surface area (Å²) in [5.74, 6) is -0.393. The zero-order chi connectivity index (χ0) is 15.5. The molecule has 5 heteroatoms. The molecule has 2 aromatic carbocycles. The van der Waals surface area contributed by atoms with E-state index in [1.54, 1.807) is 54.6 Å². The average Bonchev–Trinajstić information content (AvgIpc) is 2.57. The van der Waals surface area contributed by atoms with Crippen molar-refractivity contribution < 1.29 is 4.79 Å². The van der Waals surface area contributed by atoms with E-state index in [-0.39, 0.29) is 23.7 Å². The summed E-state index contributed by atoms with van der Waals surface area (Å²) in [6.45, 7) is -0.218. The molecule has 0 aliphatic rings. The first kappa shape index (κ1) is 13.7. The Bertz CT molecular complexity index is 953. The molecule has 1 aromatic heterocycles. The first-order chi connectivity index (χ1) is 10.7. The summed E-state index contributed by atoms with van der Waals surface area (Å²) in [6, 6.07) is 17.3. The van der Waals surface area contributed by atoms with Crippen molar-refractivity contribution in [3.8, 4) is 6.07 Å². The fourth-order valence-electron chi connectivity index (χ4n) is 2.28. The van der Waals surface area contributed by atoms with Gasteiger partial charge in [-0.1, -0.05) is 42.5 Å². The van der Waals surface area contributed by atoms with Crippen molar-refractivity contribution in [3.63, 3.8) is 0 Å². The van der Waals surface area contributed by atoms with Gasteiger partial charge in [-0.25, -0.2) is 4.98 Å². The minimum absolute atomic E-state index is 0.0172. The van der Waals surface area contributed by atoms with Crippen LogP contribution in [0, 0.1) is 11.3 Å². The van der Waals surface area contributed by atoms with Crippen molar-refractivity contribution in [3.05, 3.63) is 76.3 Å². The molecular weight excluding hydrogens is 278 g/mol. The molecule has 0 aliphatic carbocycles. The van der Waals surface area contributed by atoms with Crippen LogP contribution in [0.2, 0.25) is 0 Å². The SMILES string of the molecule is N#CCn1c(C(=O)c2ccccc2)nc2ccccc2c1=O. The van der Waals surface area contributed by atoms with Crippen LogP contribution in [0.25, 0.3) is 10.9 Å². The zero-order valence-corrected chi connectivity index (χ0v) is 11.6. The number of para-hydroxylation sites is 1. The topological polar surface area (TPSA) is 75.8 Å². The van der Waals surface area contributed by atoms with Crippen molar-refractivity contribution in [2.75, 3.05) is 0 Å². The predicted octanol–water partition coefficient (Wildman–Crippen LogP) is 2.15. The van der Waals surface area contributed by atoms with Gasteiger partial charge in [-0.05, 0) is 12.1 Å². The lowest BCUT2D eigenvalue weighted by Crippen LogP contribution is -2.28. The van der Waals surface area contributed by atoms with E-state index in [4.69, 9.17) is 5.26 Å². The summed E-state index contributed by atoms with van der Waals surface area (Å²) < 4.78 is 1.12. The molecule has 0 unspecified atom stereocenters. The molecule has 3 aromatic rings. The molecule has 22 heavy (non-hydrogen) atoms. The number of hydrogen-bond donors (Lipinski definition) is 0. The Hall–Kier alpha value is -3.26. The Morgan fingerprint density at radius 1 is 1.09 bits per heavy atom. The summed E-state index contributed by atoms with van der Waals surface area (Å²) in [5.41, 5.74) is 0.490. The average molecular weight is 289 g/mol. The second-order valence-electron chi connectivity index (χ2n) is 4.70. The van der Waals surface area contributed by atoms with Gasteiger partial charge in [0.25, 0.3) is 5.56 Å². The van der Waals surface area contributed by atoms with E-state index in [0.29, 0.717) is 16.5 Å². The third kappa shape index (κ3) is 2.27. The number of fused-ring (bicyclic) bond motifs is 1. The molecule has 0 atom stereocenters. The third-order valence-electron chi connectivity index (χ3n) is 3.33. The summed E-state index contributed by atoms with van der Waals surface area (Å²) in [6.07, 6.45) is 0. The number of hydrogen-bond acceptors (Lipinski definition) is 4. The lowest BCUT2D eigenvalue weighted by Gasteiger charge is -2.09. The Balaban J connectivity index is 2.29. The van der Waals surface area contributed by atoms with Crippen LogP contribution >= 0.6 is 0 Å². The minimum atomic E-state index is -0.383. The second-order valence-corrected chi connectivity index (χ2v) is 4.70. The molecule has 0 saturated carbocycles. The highest BCUT2D eigenvalue weighted by atomic mass is 16.1. The van der Waals surface area contributed by atoms with Crippen molar-refractivity contribution in [1.29, 1.82) is 5.26 Å². The van der Waals surface area contributed by atoms with E-state index in [9.17, 15) is 9.59 Å². The van der Waals surface area contributed by atoms with Gasteiger partial charge in [0.05, 0.1) is 17.0 Å². The summed E-state index contributed by atoms with van der Waals surface area (Å²) in [5, 5.41) is 9.34. The number of rotatable bonds is 3. The Morgan fingerprint density at radius 3 is 2.50 bits per heavy atom. The maximum Gasteiger partial charge on any atom is 0.262 e. The maximum absolute atomic E-state index is 12.6. The van der Waals surface area contributed by atoms with E-state index in [1.807, 2.05) is 6.07 Å². The molecule has 5 nitrogen and oxygen atoms in total. The molecule has 0 fully saturated rings. The van der Waals surface area contributed by atoms with Gasteiger partial charge in [0, 0.05) is 5.56 Å². The van der Waals surface area contributed by atoms with E-state index >= 15 is 0 Å². The number of nitrogens with zero attached hydrogens (tertiary/aromatic N) is 3. The lowest BCUT2D eigenvalue weighted by atomic mass is 10.1. The molecule has 0 radical (unpaired) electrons. The number of benzene rings is 2. The molecule has 0 spiro atoms. The smallest absolute Gasteiger partial charge is 0.262 e. The van der Waals surface area contributed by atoms with Gasteiger partial charge in [0.15, 0.2) is 5.82 Å². The zero-order valence-electron chi connectivity index (χ0n) is 11.6. The highest BCUT2D eigenvalue weighted by Gasteiger charge is 2.18. The van der Waals surface area contributed by atoms with E-state index in [2.05, 4.69) is 4.98 Å².